The maximum Gasteiger partial charge on any atom is 0.407 e. The van der Waals surface area contributed by atoms with Gasteiger partial charge < -0.3 is 24.9 Å². The number of amides is 4. The number of hydrogen-bond donors (Lipinski definition) is 2. The second-order valence-corrected chi connectivity index (χ2v) is 10.2. The van der Waals surface area contributed by atoms with Crippen molar-refractivity contribution in [1.82, 2.24) is 15.7 Å². The van der Waals surface area contributed by atoms with E-state index < -0.39 is 41.6 Å². The summed E-state index contributed by atoms with van der Waals surface area (Å²) in [6.07, 6.45) is -1.86. The predicted octanol–water partition coefficient (Wildman–Crippen LogP) is 3.42. The summed E-state index contributed by atoms with van der Waals surface area (Å²) in [5.41, 5.74) is 3.46. The minimum absolute atomic E-state index is 0.0148. The summed E-state index contributed by atoms with van der Waals surface area (Å²) in [5.74, 6) is -2.54. The number of fused-ring (bicyclic) bond motifs is 3. The van der Waals surface area contributed by atoms with Gasteiger partial charge in [-0.15, -0.1) is 5.06 Å². The van der Waals surface area contributed by atoms with E-state index in [2.05, 4.69) is 10.6 Å². The Hall–Kier alpha value is -4.41. The van der Waals surface area contributed by atoms with Crippen LogP contribution in [-0.2, 0) is 28.7 Å². The monoisotopic (exact) mass is 537 g/mol. The van der Waals surface area contributed by atoms with Gasteiger partial charge in [-0.1, -0.05) is 48.5 Å². The van der Waals surface area contributed by atoms with Crippen LogP contribution in [0.5, 0.6) is 0 Å². The molecule has 0 spiro atoms. The SMILES string of the molecule is CC(C)(C)OC(=O)NCCC(NC(=O)OCC1c2ccccc2-c2ccccc21)C(=O)ON1C(=O)CCC1=O. The molecule has 2 aromatic carbocycles. The summed E-state index contributed by atoms with van der Waals surface area (Å²) in [5, 5.41) is 5.34. The number of nitrogens with zero attached hydrogens (tertiary/aromatic N) is 1. The highest BCUT2D eigenvalue weighted by Gasteiger charge is 2.36. The van der Waals surface area contributed by atoms with E-state index in [4.69, 9.17) is 14.3 Å². The van der Waals surface area contributed by atoms with Gasteiger partial charge in [-0.3, -0.25) is 9.59 Å². The first-order valence-corrected chi connectivity index (χ1v) is 12.7. The maximum atomic E-state index is 12.8. The lowest BCUT2D eigenvalue weighted by Crippen LogP contribution is -2.47. The number of carbonyl (C=O) groups excluding carboxylic acids is 5. The van der Waals surface area contributed by atoms with Crippen LogP contribution in [0.3, 0.4) is 0 Å². The Labute approximate surface area is 225 Å². The molecule has 2 aliphatic rings. The Bertz CT molecular complexity index is 1220. The van der Waals surface area contributed by atoms with Gasteiger partial charge in [0.2, 0.25) is 0 Å². The number of carbonyl (C=O) groups is 5. The van der Waals surface area contributed by atoms with Crippen molar-refractivity contribution in [3.63, 3.8) is 0 Å². The van der Waals surface area contributed by atoms with Crippen molar-refractivity contribution < 1.29 is 38.3 Å². The second-order valence-electron chi connectivity index (χ2n) is 10.2. The Morgan fingerprint density at radius 3 is 2.05 bits per heavy atom. The predicted molar refractivity (Wildman–Crippen MR) is 138 cm³/mol. The highest BCUT2D eigenvalue weighted by atomic mass is 16.7. The normalized spacial score (nSPS) is 15.3. The molecule has 206 valence electrons. The lowest BCUT2D eigenvalue weighted by atomic mass is 9.98. The van der Waals surface area contributed by atoms with E-state index in [1.807, 2.05) is 48.5 Å². The molecule has 2 N–H and O–H groups in total. The third kappa shape index (κ3) is 6.73. The van der Waals surface area contributed by atoms with E-state index in [0.717, 1.165) is 22.3 Å². The van der Waals surface area contributed by atoms with E-state index in [9.17, 15) is 24.0 Å². The summed E-state index contributed by atoms with van der Waals surface area (Å²) < 4.78 is 10.7. The fourth-order valence-electron chi connectivity index (χ4n) is 4.48. The molecule has 4 rings (SSSR count). The molecule has 0 radical (unpaired) electrons. The highest BCUT2D eigenvalue weighted by Crippen LogP contribution is 2.44. The van der Waals surface area contributed by atoms with Gasteiger partial charge in [0.15, 0.2) is 0 Å². The molecule has 1 unspecified atom stereocenters. The number of hydrogen-bond acceptors (Lipinski definition) is 8. The maximum absolute atomic E-state index is 12.8. The first kappa shape index (κ1) is 27.6. The van der Waals surface area contributed by atoms with Gasteiger partial charge in [-0.25, -0.2) is 14.4 Å². The van der Waals surface area contributed by atoms with Crippen LogP contribution in [0.2, 0.25) is 0 Å². The molecule has 11 heteroatoms. The fraction of sp³-hybridized carbons (Fsp3) is 0.393. The number of rotatable bonds is 8. The van der Waals surface area contributed by atoms with Crippen molar-refractivity contribution in [2.75, 3.05) is 13.2 Å². The standard InChI is InChI=1S/C28H31N3O8/c1-28(2,3)38-26(35)29-15-14-22(25(34)39-31-23(32)12-13-24(31)33)30-27(36)37-16-21-19-10-6-4-8-17(19)18-9-5-7-11-20(18)21/h4-11,21-22H,12-16H2,1-3H3,(H,29,35)(H,30,36). The van der Waals surface area contributed by atoms with Gasteiger partial charge in [0.05, 0.1) is 0 Å². The molecule has 1 atom stereocenters. The van der Waals surface area contributed by atoms with Crippen molar-refractivity contribution in [2.45, 2.75) is 57.6 Å². The number of hydroxylamine groups is 2. The lowest BCUT2D eigenvalue weighted by molar-refractivity contribution is -0.199. The highest BCUT2D eigenvalue weighted by molar-refractivity contribution is 6.01. The smallest absolute Gasteiger partial charge is 0.407 e. The van der Waals surface area contributed by atoms with Crippen LogP contribution >= 0.6 is 0 Å². The molecule has 1 fully saturated rings. The Balaban J connectivity index is 1.40. The Morgan fingerprint density at radius 2 is 1.49 bits per heavy atom. The summed E-state index contributed by atoms with van der Waals surface area (Å²) in [6.45, 7) is 5.06. The van der Waals surface area contributed by atoms with Gasteiger partial charge in [0.1, 0.15) is 18.2 Å². The van der Waals surface area contributed by atoms with Crippen molar-refractivity contribution in [3.8, 4) is 11.1 Å². The molecule has 0 bridgehead atoms. The third-order valence-corrected chi connectivity index (χ3v) is 6.21. The van der Waals surface area contributed by atoms with Crippen molar-refractivity contribution in [1.29, 1.82) is 0 Å². The van der Waals surface area contributed by atoms with E-state index >= 15 is 0 Å². The van der Waals surface area contributed by atoms with E-state index in [0.29, 0.717) is 5.06 Å². The molecule has 1 aliphatic heterocycles. The second kappa shape index (κ2) is 11.5. The first-order chi connectivity index (χ1) is 18.5. The molecule has 0 saturated carbocycles. The molecule has 11 nitrogen and oxygen atoms in total. The van der Waals surface area contributed by atoms with Gasteiger partial charge in [0.25, 0.3) is 11.8 Å². The van der Waals surface area contributed by atoms with Gasteiger partial charge >= 0.3 is 18.2 Å². The molecule has 39 heavy (non-hydrogen) atoms. The van der Waals surface area contributed by atoms with Crippen molar-refractivity contribution in [2.24, 2.45) is 0 Å². The Kier molecular flexibility index (Phi) is 8.18. The molecule has 4 amide bonds. The van der Waals surface area contributed by atoms with E-state index in [1.54, 1.807) is 20.8 Å². The fourth-order valence-corrected chi connectivity index (χ4v) is 4.48. The zero-order chi connectivity index (χ0) is 28.2. The number of nitrogens with one attached hydrogen (secondary N) is 2. The summed E-state index contributed by atoms with van der Waals surface area (Å²) in [7, 11) is 0. The van der Waals surface area contributed by atoms with E-state index in [-0.39, 0.29) is 38.3 Å². The zero-order valence-electron chi connectivity index (χ0n) is 22.0. The average molecular weight is 538 g/mol. The number of alkyl carbamates (subject to hydrolysis) is 2. The molecule has 2 aromatic rings. The summed E-state index contributed by atoms with van der Waals surface area (Å²) >= 11 is 0. The minimum atomic E-state index is -1.32. The minimum Gasteiger partial charge on any atom is -0.449 e. The largest absolute Gasteiger partial charge is 0.449 e. The van der Waals surface area contributed by atoms with Crippen LogP contribution in [0, 0.1) is 0 Å². The van der Waals surface area contributed by atoms with Crippen LogP contribution in [-0.4, -0.2) is 59.8 Å². The molecule has 1 aliphatic carbocycles. The van der Waals surface area contributed by atoms with Crippen LogP contribution in [0.15, 0.2) is 48.5 Å². The van der Waals surface area contributed by atoms with Crippen molar-refractivity contribution in [3.05, 3.63) is 59.7 Å². The van der Waals surface area contributed by atoms with Crippen LogP contribution < -0.4 is 10.6 Å². The van der Waals surface area contributed by atoms with Crippen LogP contribution in [0.4, 0.5) is 9.59 Å². The van der Waals surface area contributed by atoms with Crippen LogP contribution in [0.1, 0.15) is 57.1 Å². The van der Waals surface area contributed by atoms with E-state index in [1.165, 1.54) is 0 Å². The lowest BCUT2D eigenvalue weighted by Gasteiger charge is -2.22. The number of benzene rings is 2. The van der Waals surface area contributed by atoms with Gasteiger partial charge in [0, 0.05) is 25.3 Å². The topological polar surface area (TPSA) is 140 Å². The summed E-state index contributed by atoms with van der Waals surface area (Å²) in [4.78, 5) is 66.4. The molecular formula is C28H31N3O8. The molecular weight excluding hydrogens is 506 g/mol. The average Bonchev–Trinajstić information content (AvgIpc) is 3.37. The molecule has 0 aromatic heterocycles. The zero-order valence-corrected chi connectivity index (χ0v) is 22.0. The van der Waals surface area contributed by atoms with Gasteiger partial charge in [-0.2, -0.15) is 0 Å². The van der Waals surface area contributed by atoms with Crippen molar-refractivity contribution >= 4 is 30.0 Å². The number of imide groups is 1. The first-order valence-electron chi connectivity index (χ1n) is 12.7. The van der Waals surface area contributed by atoms with Crippen LogP contribution in [0.25, 0.3) is 11.1 Å². The third-order valence-electron chi connectivity index (χ3n) is 6.21. The molecule has 1 heterocycles. The molecule has 1 saturated heterocycles. The van der Waals surface area contributed by atoms with Gasteiger partial charge in [-0.05, 0) is 49.4 Å². The number of ether oxygens (including phenoxy) is 2. The Morgan fingerprint density at radius 1 is 0.923 bits per heavy atom. The summed E-state index contributed by atoms with van der Waals surface area (Å²) in [6, 6.07) is 14.4. The quantitative estimate of drug-likeness (QED) is 0.488.